The largest absolute Gasteiger partial charge is 0.508 e. The summed E-state index contributed by atoms with van der Waals surface area (Å²) in [5.74, 6) is 0.209. The summed E-state index contributed by atoms with van der Waals surface area (Å²) in [6, 6.07) is 23.5. The van der Waals surface area contributed by atoms with E-state index in [9.17, 15) is 15.3 Å². The van der Waals surface area contributed by atoms with E-state index in [1.165, 1.54) is 0 Å². The molecule has 0 fully saturated rings. The minimum atomic E-state index is -0.789. The van der Waals surface area contributed by atoms with Crippen LogP contribution in [0.3, 0.4) is 0 Å². The molecule has 0 spiro atoms. The van der Waals surface area contributed by atoms with Gasteiger partial charge in [0.25, 0.3) is 0 Å². The first-order valence-corrected chi connectivity index (χ1v) is 10.0. The summed E-state index contributed by atoms with van der Waals surface area (Å²) in [6.07, 6.45) is 0.382. The van der Waals surface area contributed by atoms with Crippen LogP contribution in [-0.2, 0) is 12.8 Å². The highest BCUT2D eigenvalue weighted by Crippen LogP contribution is 2.23. The van der Waals surface area contributed by atoms with Crippen LogP contribution in [-0.4, -0.2) is 34.0 Å². The standard InChI is InChI=1S/C24H26ClNO3/c25-20-8-4-7-19(15-20)24(29)23(14-17-5-2-1-3-6-17)26-21(16-27)13-18-9-11-22(28)12-10-18/h1-12,15,21,23-24,26-29H,13-14,16H2/t21-,23?,24+/m0/s1. The van der Waals surface area contributed by atoms with Gasteiger partial charge in [-0.1, -0.05) is 66.2 Å². The summed E-state index contributed by atoms with van der Waals surface area (Å²) in [4.78, 5) is 0. The Labute approximate surface area is 176 Å². The van der Waals surface area contributed by atoms with Crippen molar-refractivity contribution in [1.29, 1.82) is 0 Å². The summed E-state index contributed by atoms with van der Waals surface area (Å²) >= 11 is 6.11. The second-order valence-electron chi connectivity index (χ2n) is 7.21. The van der Waals surface area contributed by atoms with E-state index in [0.717, 1.165) is 16.7 Å². The molecule has 0 saturated carbocycles. The van der Waals surface area contributed by atoms with Crippen molar-refractivity contribution in [3.8, 4) is 5.75 Å². The number of rotatable bonds is 9. The van der Waals surface area contributed by atoms with E-state index in [2.05, 4.69) is 5.32 Å². The van der Waals surface area contributed by atoms with Crippen molar-refractivity contribution in [2.24, 2.45) is 0 Å². The molecule has 5 heteroatoms. The van der Waals surface area contributed by atoms with E-state index < -0.39 is 6.10 Å². The molecule has 4 nitrogen and oxygen atoms in total. The van der Waals surface area contributed by atoms with Gasteiger partial charge in [-0.3, -0.25) is 0 Å². The van der Waals surface area contributed by atoms with Gasteiger partial charge in [-0.05, 0) is 53.8 Å². The van der Waals surface area contributed by atoms with Gasteiger partial charge in [-0.15, -0.1) is 0 Å². The van der Waals surface area contributed by atoms with Crippen LogP contribution >= 0.6 is 11.6 Å². The van der Waals surface area contributed by atoms with E-state index in [4.69, 9.17) is 11.6 Å². The zero-order valence-corrected chi connectivity index (χ0v) is 16.8. The number of halogens is 1. The molecule has 0 aromatic heterocycles. The van der Waals surface area contributed by atoms with E-state index in [-0.39, 0.29) is 24.4 Å². The predicted molar refractivity (Wildman–Crippen MR) is 116 cm³/mol. The molecule has 1 unspecified atom stereocenters. The number of aliphatic hydroxyl groups is 2. The third-order valence-corrected chi connectivity index (χ3v) is 5.19. The van der Waals surface area contributed by atoms with Crippen LogP contribution in [0.15, 0.2) is 78.9 Å². The smallest absolute Gasteiger partial charge is 0.115 e. The van der Waals surface area contributed by atoms with Gasteiger partial charge in [0.05, 0.1) is 12.7 Å². The van der Waals surface area contributed by atoms with Crippen molar-refractivity contribution in [2.45, 2.75) is 31.0 Å². The number of phenols is 1. The molecule has 0 amide bonds. The first-order valence-electron chi connectivity index (χ1n) is 9.67. The van der Waals surface area contributed by atoms with Crippen molar-refractivity contribution in [1.82, 2.24) is 5.32 Å². The lowest BCUT2D eigenvalue weighted by atomic mass is 9.94. The molecule has 0 aliphatic heterocycles. The molecule has 0 heterocycles. The predicted octanol–water partition coefficient (Wildman–Crippen LogP) is 3.88. The van der Waals surface area contributed by atoms with Gasteiger partial charge >= 0.3 is 0 Å². The van der Waals surface area contributed by atoms with Gasteiger partial charge in [-0.25, -0.2) is 0 Å². The molecule has 0 bridgehead atoms. The molecular formula is C24H26ClNO3. The molecule has 3 aromatic rings. The normalized spacial score (nSPS) is 14.3. The highest BCUT2D eigenvalue weighted by atomic mass is 35.5. The van der Waals surface area contributed by atoms with Gasteiger partial charge in [-0.2, -0.15) is 0 Å². The van der Waals surface area contributed by atoms with Gasteiger partial charge in [0.1, 0.15) is 5.75 Å². The average molecular weight is 412 g/mol. The monoisotopic (exact) mass is 411 g/mol. The average Bonchev–Trinajstić information content (AvgIpc) is 2.74. The number of hydrogen-bond acceptors (Lipinski definition) is 4. The number of benzene rings is 3. The summed E-state index contributed by atoms with van der Waals surface area (Å²) in [6.45, 7) is -0.0750. The Kier molecular flexibility index (Phi) is 7.67. The van der Waals surface area contributed by atoms with Crippen LogP contribution in [0.1, 0.15) is 22.8 Å². The van der Waals surface area contributed by atoms with Gasteiger partial charge in [0.2, 0.25) is 0 Å². The fourth-order valence-electron chi connectivity index (χ4n) is 3.45. The molecule has 152 valence electrons. The SMILES string of the molecule is OC[C@H](Cc1ccc(O)cc1)NC(Cc1ccccc1)[C@H](O)c1cccc(Cl)c1. The van der Waals surface area contributed by atoms with E-state index >= 15 is 0 Å². The van der Waals surface area contributed by atoms with Crippen molar-refractivity contribution >= 4 is 11.6 Å². The quantitative estimate of drug-likeness (QED) is 0.431. The lowest BCUT2D eigenvalue weighted by molar-refractivity contribution is 0.111. The van der Waals surface area contributed by atoms with Crippen molar-refractivity contribution < 1.29 is 15.3 Å². The van der Waals surface area contributed by atoms with Crippen LogP contribution < -0.4 is 5.32 Å². The zero-order chi connectivity index (χ0) is 20.6. The Balaban J connectivity index is 1.79. The number of phenolic OH excluding ortho intramolecular Hbond substituents is 1. The van der Waals surface area contributed by atoms with Crippen LogP contribution in [0.4, 0.5) is 0 Å². The van der Waals surface area contributed by atoms with Crippen molar-refractivity contribution in [2.75, 3.05) is 6.61 Å². The Morgan fingerprint density at radius 2 is 1.52 bits per heavy atom. The van der Waals surface area contributed by atoms with Gasteiger partial charge in [0.15, 0.2) is 0 Å². The molecule has 3 atom stereocenters. The topological polar surface area (TPSA) is 72.7 Å². The number of nitrogens with one attached hydrogen (secondary N) is 1. The van der Waals surface area contributed by atoms with Crippen LogP contribution in [0.5, 0.6) is 5.75 Å². The maximum absolute atomic E-state index is 11.1. The van der Waals surface area contributed by atoms with Gasteiger partial charge in [0, 0.05) is 17.1 Å². The molecule has 4 N–H and O–H groups in total. The minimum absolute atomic E-state index is 0.0750. The van der Waals surface area contributed by atoms with Crippen molar-refractivity contribution in [3.63, 3.8) is 0 Å². The van der Waals surface area contributed by atoms with Crippen molar-refractivity contribution in [3.05, 3.63) is 101 Å². The Bertz CT molecular complexity index is 886. The van der Waals surface area contributed by atoms with Crippen LogP contribution in [0.2, 0.25) is 5.02 Å². The maximum Gasteiger partial charge on any atom is 0.115 e. The molecule has 3 rings (SSSR count). The first kappa shape index (κ1) is 21.3. The highest BCUT2D eigenvalue weighted by molar-refractivity contribution is 6.30. The van der Waals surface area contributed by atoms with Crippen LogP contribution in [0, 0.1) is 0 Å². The molecule has 0 radical (unpaired) electrons. The molecule has 0 aliphatic rings. The van der Waals surface area contributed by atoms with Gasteiger partial charge < -0.3 is 20.6 Å². The molecular weight excluding hydrogens is 386 g/mol. The highest BCUT2D eigenvalue weighted by Gasteiger charge is 2.24. The molecule has 3 aromatic carbocycles. The third-order valence-electron chi connectivity index (χ3n) is 4.96. The summed E-state index contributed by atoms with van der Waals surface area (Å²) in [5, 5.41) is 34.5. The maximum atomic E-state index is 11.1. The van der Waals surface area contributed by atoms with E-state index in [1.54, 1.807) is 24.3 Å². The van der Waals surface area contributed by atoms with E-state index in [0.29, 0.717) is 17.9 Å². The number of aromatic hydroxyl groups is 1. The zero-order valence-electron chi connectivity index (χ0n) is 16.1. The molecule has 0 saturated heterocycles. The first-order chi connectivity index (χ1) is 14.0. The van der Waals surface area contributed by atoms with E-state index in [1.807, 2.05) is 54.6 Å². The molecule has 0 aliphatic carbocycles. The lowest BCUT2D eigenvalue weighted by Crippen LogP contribution is -2.46. The van der Waals surface area contributed by atoms with Crippen LogP contribution in [0.25, 0.3) is 0 Å². The number of aliphatic hydroxyl groups excluding tert-OH is 2. The lowest BCUT2D eigenvalue weighted by Gasteiger charge is -2.29. The Hall–Kier alpha value is -2.37. The minimum Gasteiger partial charge on any atom is -0.508 e. The molecule has 29 heavy (non-hydrogen) atoms. The summed E-state index contributed by atoms with van der Waals surface area (Å²) in [5.41, 5.74) is 2.81. The summed E-state index contributed by atoms with van der Waals surface area (Å²) < 4.78 is 0. The fourth-order valence-corrected chi connectivity index (χ4v) is 3.65. The Morgan fingerprint density at radius 1 is 0.828 bits per heavy atom. The second kappa shape index (κ2) is 10.4. The Morgan fingerprint density at radius 3 is 2.17 bits per heavy atom. The fraction of sp³-hybridized carbons (Fsp3) is 0.250. The summed E-state index contributed by atoms with van der Waals surface area (Å²) in [7, 11) is 0. The number of hydrogen-bond donors (Lipinski definition) is 4. The third kappa shape index (κ3) is 6.31. The second-order valence-corrected chi connectivity index (χ2v) is 7.65.